The van der Waals surface area contributed by atoms with Crippen molar-refractivity contribution in [2.24, 2.45) is 0 Å². The van der Waals surface area contributed by atoms with Gasteiger partial charge in [0.05, 0.1) is 5.69 Å². The molecule has 2 aliphatic heterocycles. The Morgan fingerprint density at radius 2 is 0.727 bits per heavy atom. The number of nitrogens with zero attached hydrogens (tertiary/aromatic N) is 3. The second-order valence-corrected chi connectivity index (χ2v) is 18.5. The Morgan fingerprint density at radius 1 is 0.333 bits per heavy atom. The first kappa shape index (κ1) is 38.4. The van der Waals surface area contributed by atoms with Crippen LogP contribution in [-0.2, 0) is 0 Å². The van der Waals surface area contributed by atoms with Crippen LogP contribution in [-0.4, -0.2) is 6.71 Å². The minimum Gasteiger partial charge on any atom is -0.311 e. The summed E-state index contributed by atoms with van der Waals surface area (Å²) < 4.78 is 0. The van der Waals surface area contributed by atoms with Gasteiger partial charge in [0.15, 0.2) is 0 Å². The first-order chi connectivity index (χ1) is 32.4. The number of hydrogen-bond acceptors (Lipinski definition) is 3. The highest BCUT2D eigenvalue weighted by atomic mass is 15.2. The van der Waals surface area contributed by atoms with E-state index in [4.69, 9.17) is 0 Å². The van der Waals surface area contributed by atoms with E-state index in [1.807, 2.05) is 0 Å². The highest BCUT2D eigenvalue weighted by Crippen LogP contribution is 2.51. The normalized spacial score (nSPS) is 12.8. The smallest absolute Gasteiger partial charge is 0.252 e. The molecule has 0 amide bonds. The molecule has 0 aliphatic carbocycles. The molecule has 0 atom stereocenters. The molecule has 0 saturated carbocycles. The molecule has 2 heterocycles. The fourth-order valence-corrected chi connectivity index (χ4v) is 11.6. The predicted molar refractivity (Wildman–Crippen MR) is 284 cm³/mol. The molecule has 4 heteroatoms. The number of hydrogen-bond donors (Lipinski definition) is 0. The molecule has 0 unspecified atom stereocenters. The molecule has 0 bridgehead atoms. The monoisotopic (exact) mass is 843 g/mol. The van der Waals surface area contributed by atoms with E-state index in [9.17, 15) is 0 Å². The van der Waals surface area contributed by atoms with Gasteiger partial charge in [-0.15, -0.1) is 0 Å². The van der Waals surface area contributed by atoms with Gasteiger partial charge in [-0.05, 0) is 159 Å². The van der Waals surface area contributed by atoms with Gasteiger partial charge < -0.3 is 14.7 Å². The maximum Gasteiger partial charge on any atom is 0.252 e. The van der Waals surface area contributed by atoms with Crippen molar-refractivity contribution in [2.45, 2.75) is 27.7 Å². The minimum atomic E-state index is -0.0630. The van der Waals surface area contributed by atoms with E-state index >= 15 is 0 Å². The van der Waals surface area contributed by atoms with Crippen LogP contribution in [0.4, 0.5) is 51.2 Å². The van der Waals surface area contributed by atoms with Crippen LogP contribution in [0.25, 0.3) is 43.1 Å². The van der Waals surface area contributed by atoms with E-state index in [-0.39, 0.29) is 6.71 Å². The molecule has 3 nitrogen and oxygen atoms in total. The van der Waals surface area contributed by atoms with E-state index in [1.165, 1.54) is 104 Å². The van der Waals surface area contributed by atoms with Crippen LogP contribution in [0.2, 0.25) is 0 Å². The summed E-state index contributed by atoms with van der Waals surface area (Å²) in [6.45, 7) is 8.85. The lowest BCUT2D eigenvalue weighted by Gasteiger charge is -2.46. The lowest BCUT2D eigenvalue weighted by atomic mass is 9.33. The molecule has 13 rings (SSSR count). The van der Waals surface area contributed by atoms with Crippen LogP contribution in [0.15, 0.2) is 206 Å². The molecule has 312 valence electrons. The standard InChI is InChI=1S/C62H46BN3/c1-39-31-40(2)34-47(33-39)65-58-37-49(64(45-17-7-5-8-18-45)46-19-9-6-10-20-46)38-59-60(58)63(56-29-27-52-50-21-13-11-15-43(50)23-25-54(52)61(56)65)57-30-28-53-51-22-14-12-16-44(51)24-26-55(53)62(57)66(59)48-35-41(3)32-42(4)36-48/h5-38H,1-4H3. The van der Waals surface area contributed by atoms with Crippen molar-refractivity contribution >= 4 is 117 Å². The zero-order valence-electron chi connectivity index (χ0n) is 37.5. The summed E-state index contributed by atoms with van der Waals surface area (Å²) in [4.78, 5) is 7.65. The first-order valence-electron chi connectivity index (χ1n) is 23.1. The van der Waals surface area contributed by atoms with Crippen LogP contribution in [0, 0.1) is 27.7 Å². The second-order valence-electron chi connectivity index (χ2n) is 18.5. The Kier molecular flexibility index (Phi) is 8.57. The molecule has 2 aliphatic rings. The number of rotatable bonds is 5. The van der Waals surface area contributed by atoms with Crippen molar-refractivity contribution in [3.05, 3.63) is 229 Å². The quantitative estimate of drug-likeness (QED) is 0.126. The topological polar surface area (TPSA) is 9.72 Å². The molecule has 0 aromatic heterocycles. The van der Waals surface area contributed by atoms with E-state index in [2.05, 4.69) is 249 Å². The van der Waals surface area contributed by atoms with Crippen LogP contribution < -0.4 is 31.1 Å². The third-order valence-corrected chi connectivity index (χ3v) is 14.0. The lowest BCUT2D eigenvalue weighted by Crippen LogP contribution is -2.61. The largest absolute Gasteiger partial charge is 0.311 e. The fourth-order valence-electron chi connectivity index (χ4n) is 11.6. The summed E-state index contributed by atoms with van der Waals surface area (Å²) >= 11 is 0. The SMILES string of the molecule is Cc1cc(C)cc(N2c3cc(N(c4ccccc4)c4ccccc4)cc4c3B(c3ccc5c(ccc6ccccc65)c32)c2ccc3c(ccc5ccccc53)c2N4c2cc(C)cc(C)c2)c1. The number of aryl methyl sites for hydroxylation is 4. The molecule has 11 aromatic rings. The van der Waals surface area contributed by atoms with Crippen molar-refractivity contribution < 1.29 is 0 Å². The van der Waals surface area contributed by atoms with Gasteiger partial charge in [0.2, 0.25) is 0 Å². The molecule has 0 N–H and O–H groups in total. The van der Waals surface area contributed by atoms with E-state index in [0.717, 1.165) is 28.4 Å². The number of fused-ring (bicyclic) bond motifs is 12. The maximum absolute atomic E-state index is 2.61. The number of anilines is 9. The number of benzene rings is 11. The lowest BCUT2D eigenvalue weighted by molar-refractivity contribution is 1.22. The van der Waals surface area contributed by atoms with Crippen LogP contribution in [0.1, 0.15) is 22.3 Å². The van der Waals surface area contributed by atoms with Crippen molar-refractivity contribution in [1.82, 2.24) is 0 Å². The van der Waals surface area contributed by atoms with Gasteiger partial charge in [-0.2, -0.15) is 0 Å². The summed E-state index contributed by atoms with van der Waals surface area (Å²) in [5.74, 6) is 0. The van der Waals surface area contributed by atoms with E-state index < -0.39 is 0 Å². The van der Waals surface area contributed by atoms with Crippen LogP contribution in [0.5, 0.6) is 0 Å². The molecular weight excluding hydrogens is 798 g/mol. The van der Waals surface area contributed by atoms with Crippen molar-refractivity contribution in [3.8, 4) is 0 Å². The maximum atomic E-state index is 2.61. The Labute approximate surface area is 386 Å². The highest BCUT2D eigenvalue weighted by molar-refractivity contribution is 7.01. The second kappa shape index (κ2) is 14.7. The van der Waals surface area contributed by atoms with Crippen molar-refractivity contribution in [2.75, 3.05) is 14.7 Å². The average Bonchev–Trinajstić information content (AvgIpc) is 3.33. The van der Waals surface area contributed by atoms with Crippen LogP contribution in [0.3, 0.4) is 0 Å². The molecular formula is C62H46BN3. The molecule has 0 fully saturated rings. The fraction of sp³-hybridized carbons (Fsp3) is 0.0645. The Balaban J connectivity index is 1.23. The Hall–Kier alpha value is -8.08. The van der Waals surface area contributed by atoms with Crippen LogP contribution >= 0.6 is 0 Å². The summed E-state index contributed by atoms with van der Waals surface area (Å²) in [6, 6.07) is 77.5. The molecule has 66 heavy (non-hydrogen) atoms. The molecule has 0 radical (unpaired) electrons. The van der Waals surface area contributed by atoms with Gasteiger partial charge >= 0.3 is 0 Å². The van der Waals surface area contributed by atoms with Gasteiger partial charge in [0.25, 0.3) is 6.71 Å². The van der Waals surface area contributed by atoms with Gasteiger partial charge in [-0.25, -0.2) is 0 Å². The number of para-hydroxylation sites is 2. The van der Waals surface area contributed by atoms with Crippen molar-refractivity contribution in [1.29, 1.82) is 0 Å². The third kappa shape index (κ3) is 5.84. The summed E-state index contributed by atoms with van der Waals surface area (Å²) in [5, 5.41) is 10.0. The minimum absolute atomic E-state index is 0.0630. The Morgan fingerprint density at radius 3 is 1.17 bits per heavy atom. The van der Waals surface area contributed by atoms with E-state index in [0.29, 0.717) is 0 Å². The van der Waals surface area contributed by atoms with Gasteiger partial charge in [0.1, 0.15) is 0 Å². The zero-order valence-corrected chi connectivity index (χ0v) is 37.5. The Bertz CT molecular complexity index is 3500. The van der Waals surface area contributed by atoms with Gasteiger partial charge in [-0.3, -0.25) is 0 Å². The summed E-state index contributed by atoms with van der Waals surface area (Å²) in [7, 11) is 0. The van der Waals surface area contributed by atoms with E-state index in [1.54, 1.807) is 0 Å². The highest BCUT2D eigenvalue weighted by Gasteiger charge is 2.45. The summed E-state index contributed by atoms with van der Waals surface area (Å²) in [5.41, 5.74) is 19.3. The van der Waals surface area contributed by atoms with Gasteiger partial charge in [-0.1, -0.05) is 146 Å². The first-order valence-corrected chi connectivity index (χ1v) is 23.1. The molecule has 0 saturated heterocycles. The van der Waals surface area contributed by atoms with Crippen molar-refractivity contribution in [3.63, 3.8) is 0 Å². The predicted octanol–water partition coefficient (Wildman–Crippen LogP) is 15.1. The zero-order chi connectivity index (χ0) is 44.2. The third-order valence-electron chi connectivity index (χ3n) is 14.0. The molecule has 11 aromatic carbocycles. The van der Waals surface area contributed by atoms with Gasteiger partial charge in [0, 0.05) is 56.3 Å². The average molecular weight is 844 g/mol. The molecule has 0 spiro atoms. The summed E-state index contributed by atoms with van der Waals surface area (Å²) in [6.07, 6.45) is 0.